The lowest BCUT2D eigenvalue weighted by molar-refractivity contribution is -0.387. The van der Waals surface area contributed by atoms with E-state index in [0.29, 0.717) is 12.1 Å². The van der Waals surface area contributed by atoms with Crippen LogP contribution in [0.5, 0.6) is 0 Å². The Bertz CT molecular complexity index is 490. The molecular weight excluding hydrogens is 283 g/mol. The van der Waals surface area contributed by atoms with E-state index < -0.39 is 16.4 Å². The highest BCUT2D eigenvalue weighted by Gasteiger charge is 2.22. The van der Waals surface area contributed by atoms with Crippen LogP contribution in [0.3, 0.4) is 0 Å². The highest BCUT2D eigenvalue weighted by molar-refractivity contribution is 6.21. The van der Waals surface area contributed by atoms with E-state index in [1.165, 1.54) is 12.1 Å². The van der Waals surface area contributed by atoms with Gasteiger partial charge in [0, 0.05) is 12.6 Å². The van der Waals surface area contributed by atoms with Crippen LogP contribution < -0.4 is 0 Å². The number of hydrogen-bond donors (Lipinski definition) is 0. The van der Waals surface area contributed by atoms with Gasteiger partial charge in [0.2, 0.25) is 5.82 Å². The molecule has 4 nitrogen and oxygen atoms in total. The van der Waals surface area contributed by atoms with Crippen molar-refractivity contribution in [1.29, 1.82) is 0 Å². The number of benzene rings is 1. The number of nitrogens with zero attached hydrogens (tertiary/aromatic N) is 2. The van der Waals surface area contributed by atoms with Gasteiger partial charge in [-0.15, -0.1) is 11.6 Å². The Labute approximate surface area is 122 Å². The second-order valence-corrected chi connectivity index (χ2v) is 5.95. The summed E-state index contributed by atoms with van der Waals surface area (Å²) in [6.45, 7) is 4.86. The second-order valence-electron chi connectivity index (χ2n) is 5.42. The summed E-state index contributed by atoms with van der Waals surface area (Å²) in [5.74, 6) is -0.0821. The highest BCUT2D eigenvalue weighted by atomic mass is 35.5. The highest BCUT2D eigenvalue weighted by Crippen LogP contribution is 2.28. The minimum Gasteiger partial charge on any atom is -0.302 e. The number of likely N-dealkylation sites (tertiary alicyclic amines) is 1. The molecule has 1 heterocycles. The predicted octanol–water partition coefficient (Wildman–Crippen LogP) is 3.75. The molecule has 0 amide bonds. The molecule has 0 spiro atoms. The van der Waals surface area contributed by atoms with Crippen molar-refractivity contribution in [1.82, 2.24) is 4.90 Å². The van der Waals surface area contributed by atoms with Crippen molar-refractivity contribution in [3.63, 3.8) is 0 Å². The fraction of sp³-hybridized carbons (Fsp3) is 0.571. The van der Waals surface area contributed by atoms with Crippen molar-refractivity contribution in [2.24, 2.45) is 5.92 Å². The summed E-state index contributed by atoms with van der Waals surface area (Å²) in [4.78, 5) is 12.3. The third-order valence-corrected chi connectivity index (χ3v) is 4.21. The van der Waals surface area contributed by atoms with E-state index in [1.807, 2.05) is 0 Å². The number of halogens is 2. The van der Waals surface area contributed by atoms with E-state index in [-0.39, 0.29) is 5.38 Å². The molecular formula is C14H18ClFN2O2. The predicted molar refractivity (Wildman–Crippen MR) is 76.5 cm³/mol. The molecule has 1 saturated heterocycles. The van der Waals surface area contributed by atoms with Crippen molar-refractivity contribution in [3.8, 4) is 0 Å². The molecule has 2 rings (SSSR count). The van der Waals surface area contributed by atoms with Crippen molar-refractivity contribution in [2.75, 3.05) is 19.6 Å². The third kappa shape index (κ3) is 3.67. The van der Waals surface area contributed by atoms with Gasteiger partial charge in [-0.25, -0.2) is 0 Å². The van der Waals surface area contributed by atoms with Gasteiger partial charge in [0.25, 0.3) is 0 Å². The SMILES string of the molecule is CC1CCN(CC(Cl)c2ccc(F)c([N+](=O)[O-])c2)CC1. The number of alkyl halides is 1. The molecule has 1 aliphatic heterocycles. The second kappa shape index (κ2) is 6.50. The number of rotatable bonds is 4. The average molecular weight is 301 g/mol. The van der Waals surface area contributed by atoms with Gasteiger partial charge in [-0.05, 0) is 43.5 Å². The van der Waals surface area contributed by atoms with Crippen molar-refractivity contribution in [3.05, 3.63) is 39.7 Å². The Kier molecular flexibility index (Phi) is 4.94. The first-order chi connectivity index (χ1) is 9.47. The largest absolute Gasteiger partial charge is 0.305 e. The van der Waals surface area contributed by atoms with E-state index in [1.54, 1.807) is 0 Å². The van der Waals surface area contributed by atoms with E-state index in [2.05, 4.69) is 11.8 Å². The van der Waals surface area contributed by atoms with Gasteiger partial charge >= 0.3 is 5.69 Å². The van der Waals surface area contributed by atoms with Crippen LogP contribution in [-0.2, 0) is 0 Å². The molecule has 1 fully saturated rings. The van der Waals surface area contributed by atoms with Gasteiger partial charge in [0.1, 0.15) is 0 Å². The first kappa shape index (κ1) is 15.2. The Morgan fingerprint density at radius 2 is 2.15 bits per heavy atom. The maximum Gasteiger partial charge on any atom is 0.305 e. The Balaban J connectivity index is 2.03. The standard InChI is InChI=1S/C14H18ClFN2O2/c1-10-4-6-17(7-5-10)9-12(15)11-2-3-13(16)14(8-11)18(19)20/h2-3,8,10,12H,4-7,9H2,1H3. The topological polar surface area (TPSA) is 46.4 Å². The van der Waals surface area contributed by atoms with Gasteiger partial charge in [-0.2, -0.15) is 4.39 Å². The Hall–Kier alpha value is -1.20. The summed E-state index contributed by atoms with van der Waals surface area (Å²) in [7, 11) is 0. The van der Waals surface area contributed by atoms with Gasteiger partial charge in [0.05, 0.1) is 10.3 Å². The van der Waals surface area contributed by atoms with Crippen LogP contribution in [0, 0.1) is 21.8 Å². The summed E-state index contributed by atoms with van der Waals surface area (Å²) in [6, 6.07) is 3.87. The quantitative estimate of drug-likeness (QED) is 0.483. The molecule has 0 aromatic heterocycles. The summed E-state index contributed by atoms with van der Waals surface area (Å²) >= 11 is 6.32. The zero-order valence-corrected chi connectivity index (χ0v) is 12.1. The molecule has 1 unspecified atom stereocenters. The van der Waals surface area contributed by atoms with Crippen LogP contribution in [0.25, 0.3) is 0 Å². The van der Waals surface area contributed by atoms with Crippen LogP contribution in [0.2, 0.25) is 0 Å². The van der Waals surface area contributed by atoms with Gasteiger partial charge in [0.15, 0.2) is 0 Å². The molecule has 0 radical (unpaired) electrons. The lowest BCUT2D eigenvalue weighted by atomic mass is 9.99. The van der Waals surface area contributed by atoms with Gasteiger partial charge < -0.3 is 4.90 Å². The van der Waals surface area contributed by atoms with Gasteiger partial charge in [-0.1, -0.05) is 13.0 Å². The number of hydrogen-bond acceptors (Lipinski definition) is 3. The lowest BCUT2D eigenvalue weighted by Gasteiger charge is -2.31. The fourth-order valence-electron chi connectivity index (χ4n) is 2.44. The maximum absolute atomic E-state index is 13.3. The smallest absolute Gasteiger partial charge is 0.302 e. The van der Waals surface area contributed by atoms with Crippen molar-refractivity contribution < 1.29 is 9.31 Å². The van der Waals surface area contributed by atoms with E-state index in [4.69, 9.17) is 11.6 Å². The zero-order chi connectivity index (χ0) is 14.7. The molecule has 1 aromatic rings. The molecule has 20 heavy (non-hydrogen) atoms. The molecule has 6 heteroatoms. The van der Waals surface area contributed by atoms with Crippen LogP contribution >= 0.6 is 11.6 Å². The first-order valence-electron chi connectivity index (χ1n) is 6.77. The Morgan fingerprint density at radius 1 is 1.50 bits per heavy atom. The number of nitro benzene ring substituents is 1. The van der Waals surface area contributed by atoms with E-state index in [0.717, 1.165) is 37.9 Å². The molecule has 1 aliphatic rings. The lowest BCUT2D eigenvalue weighted by Crippen LogP contribution is -2.35. The zero-order valence-electron chi connectivity index (χ0n) is 11.4. The monoisotopic (exact) mass is 300 g/mol. The normalized spacial score (nSPS) is 18.9. The summed E-state index contributed by atoms with van der Waals surface area (Å²) in [6.07, 6.45) is 2.29. The van der Waals surface area contributed by atoms with E-state index >= 15 is 0 Å². The fourth-order valence-corrected chi connectivity index (χ4v) is 2.77. The Morgan fingerprint density at radius 3 is 2.75 bits per heavy atom. The summed E-state index contributed by atoms with van der Waals surface area (Å²) in [5, 5.41) is 10.4. The first-order valence-corrected chi connectivity index (χ1v) is 7.21. The molecule has 0 N–H and O–H groups in total. The average Bonchev–Trinajstić information content (AvgIpc) is 2.41. The molecule has 0 saturated carbocycles. The van der Waals surface area contributed by atoms with E-state index in [9.17, 15) is 14.5 Å². The minimum atomic E-state index is -0.825. The van der Waals surface area contributed by atoms with Gasteiger partial charge in [-0.3, -0.25) is 10.1 Å². The summed E-state index contributed by atoms with van der Waals surface area (Å²) in [5.41, 5.74) is 0.0822. The minimum absolute atomic E-state index is 0.359. The van der Waals surface area contributed by atoms with Crippen LogP contribution in [0.15, 0.2) is 18.2 Å². The van der Waals surface area contributed by atoms with Crippen LogP contribution in [0.1, 0.15) is 30.7 Å². The van der Waals surface area contributed by atoms with Crippen LogP contribution in [0.4, 0.5) is 10.1 Å². The van der Waals surface area contributed by atoms with Crippen molar-refractivity contribution >= 4 is 17.3 Å². The number of piperidine rings is 1. The molecule has 0 bridgehead atoms. The molecule has 1 aromatic carbocycles. The third-order valence-electron chi connectivity index (χ3n) is 3.82. The molecule has 110 valence electrons. The molecule has 1 atom stereocenters. The van der Waals surface area contributed by atoms with Crippen LogP contribution in [-0.4, -0.2) is 29.5 Å². The maximum atomic E-state index is 13.3. The summed E-state index contributed by atoms with van der Waals surface area (Å²) < 4.78 is 13.3. The van der Waals surface area contributed by atoms with Crippen molar-refractivity contribution in [2.45, 2.75) is 25.1 Å². The number of nitro groups is 1. The molecule has 0 aliphatic carbocycles.